The molecule has 0 atom stereocenters. The van der Waals surface area contributed by atoms with Crippen molar-refractivity contribution in [3.63, 3.8) is 0 Å². The number of carbonyl (C=O) groups excluding carboxylic acids is 2. The van der Waals surface area contributed by atoms with E-state index in [1.807, 2.05) is 0 Å². The van der Waals surface area contributed by atoms with Crippen LogP contribution in [0, 0.1) is 0 Å². The fourth-order valence-electron chi connectivity index (χ4n) is 2.40. The second kappa shape index (κ2) is 9.35. The van der Waals surface area contributed by atoms with E-state index in [1.165, 1.54) is 0 Å². The summed E-state index contributed by atoms with van der Waals surface area (Å²) in [6, 6.07) is 4.85. The lowest BCUT2D eigenvalue weighted by molar-refractivity contribution is -0.140. The van der Waals surface area contributed by atoms with Crippen molar-refractivity contribution in [1.82, 2.24) is 9.80 Å². The second-order valence-electron chi connectivity index (χ2n) is 5.42. The molecule has 1 aromatic rings. The molecule has 132 valence electrons. The highest BCUT2D eigenvalue weighted by Crippen LogP contribution is 2.27. The van der Waals surface area contributed by atoms with Crippen molar-refractivity contribution in [3.8, 4) is 5.75 Å². The number of ether oxygens (including phenoxy) is 1. The number of benzene rings is 1. The highest BCUT2D eigenvalue weighted by atomic mass is 35.5. The summed E-state index contributed by atoms with van der Waals surface area (Å²) in [7, 11) is 0. The van der Waals surface area contributed by atoms with Gasteiger partial charge in [0.25, 0.3) is 5.91 Å². The third kappa shape index (κ3) is 5.43. The van der Waals surface area contributed by atoms with Gasteiger partial charge in [-0.1, -0.05) is 23.2 Å². The van der Waals surface area contributed by atoms with Crippen LogP contribution in [0.2, 0.25) is 10.0 Å². The third-order valence-corrected chi connectivity index (χ3v) is 4.55. The standard InChI is InChI=1S/C16H19Cl3N2O3/c17-5-1-2-15(22)20-6-8-21(9-7-20)16(23)11-24-14-4-3-12(18)10-13(14)19/h3-4,10H,1-2,5-9,11H2. The molecular weight excluding hydrogens is 375 g/mol. The van der Waals surface area contributed by atoms with Crippen LogP contribution in [0.1, 0.15) is 12.8 Å². The first-order valence-electron chi connectivity index (χ1n) is 7.70. The van der Waals surface area contributed by atoms with E-state index < -0.39 is 0 Å². The molecule has 1 aliphatic rings. The van der Waals surface area contributed by atoms with Gasteiger partial charge in [0.2, 0.25) is 5.91 Å². The first-order valence-corrected chi connectivity index (χ1v) is 8.99. The minimum absolute atomic E-state index is 0.0898. The molecule has 1 saturated heterocycles. The largest absolute Gasteiger partial charge is 0.482 e. The Kier molecular flexibility index (Phi) is 7.46. The van der Waals surface area contributed by atoms with Crippen molar-refractivity contribution in [2.24, 2.45) is 0 Å². The fourth-order valence-corrected chi connectivity index (χ4v) is 3.00. The number of hydrogen-bond acceptors (Lipinski definition) is 3. The molecule has 5 nitrogen and oxygen atoms in total. The van der Waals surface area contributed by atoms with Gasteiger partial charge in [0.15, 0.2) is 6.61 Å². The molecule has 2 rings (SSSR count). The number of piperazine rings is 1. The molecule has 1 heterocycles. The molecule has 2 amide bonds. The summed E-state index contributed by atoms with van der Waals surface area (Å²) in [5.74, 6) is 0.861. The molecule has 8 heteroatoms. The number of amides is 2. The molecule has 0 N–H and O–H groups in total. The fraction of sp³-hybridized carbons (Fsp3) is 0.500. The van der Waals surface area contributed by atoms with Gasteiger partial charge in [0.05, 0.1) is 5.02 Å². The minimum atomic E-state index is -0.131. The monoisotopic (exact) mass is 392 g/mol. The summed E-state index contributed by atoms with van der Waals surface area (Å²) in [5, 5.41) is 0.874. The van der Waals surface area contributed by atoms with E-state index in [-0.39, 0.29) is 18.4 Å². The van der Waals surface area contributed by atoms with Crippen molar-refractivity contribution in [3.05, 3.63) is 28.2 Å². The molecule has 0 aliphatic carbocycles. The smallest absolute Gasteiger partial charge is 0.260 e. The highest BCUT2D eigenvalue weighted by molar-refractivity contribution is 6.35. The van der Waals surface area contributed by atoms with Crippen molar-refractivity contribution in [2.45, 2.75) is 12.8 Å². The molecule has 0 aromatic heterocycles. The molecule has 0 radical (unpaired) electrons. The first-order chi connectivity index (χ1) is 11.5. The van der Waals surface area contributed by atoms with Gasteiger partial charge in [0.1, 0.15) is 5.75 Å². The van der Waals surface area contributed by atoms with Crippen LogP contribution in [-0.4, -0.2) is 60.3 Å². The van der Waals surface area contributed by atoms with E-state index in [2.05, 4.69) is 0 Å². The normalized spacial score (nSPS) is 14.6. The summed E-state index contributed by atoms with van der Waals surface area (Å²) in [4.78, 5) is 27.6. The van der Waals surface area contributed by atoms with Gasteiger partial charge in [0, 0.05) is 43.5 Å². The Morgan fingerprint density at radius 1 is 1.04 bits per heavy atom. The van der Waals surface area contributed by atoms with Gasteiger partial charge in [-0.25, -0.2) is 0 Å². The maximum Gasteiger partial charge on any atom is 0.260 e. The molecular formula is C16H19Cl3N2O3. The average molecular weight is 394 g/mol. The molecule has 24 heavy (non-hydrogen) atoms. The number of carbonyl (C=O) groups is 2. The molecule has 1 aliphatic heterocycles. The van der Waals surface area contributed by atoms with Gasteiger partial charge in [-0.15, -0.1) is 11.6 Å². The van der Waals surface area contributed by atoms with E-state index in [0.717, 1.165) is 0 Å². The zero-order valence-corrected chi connectivity index (χ0v) is 15.4. The Morgan fingerprint density at radius 2 is 1.67 bits per heavy atom. The topological polar surface area (TPSA) is 49.9 Å². The van der Waals surface area contributed by atoms with Gasteiger partial charge < -0.3 is 14.5 Å². The van der Waals surface area contributed by atoms with Gasteiger partial charge in [-0.2, -0.15) is 0 Å². The molecule has 0 saturated carbocycles. The van der Waals surface area contributed by atoms with Gasteiger partial charge >= 0.3 is 0 Å². The summed E-state index contributed by atoms with van der Waals surface area (Å²) in [6.45, 7) is 1.98. The van der Waals surface area contributed by atoms with Crippen LogP contribution in [0.3, 0.4) is 0 Å². The van der Waals surface area contributed by atoms with Crippen molar-refractivity contribution < 1.29 is 14.3 Å². The Labute approximate surface area is 156 Å². The number of alkyl halides is 1. The number of hydrogen-bond donors (Lipinski definition) is 0. The predicted molar refractivity (Wildman–Crippen MR) is 95.1 cm³/mol. The Bertz CT molecular complexity index is 590. The lowest BCUT2D eigenvalue weighted by Gasteiger charge is -2.34. The average Bonchev–Trinajstić information content (AvgIpc) is 2.58. The Morgan fingerprint density at radius 3 is 2.25 bits per heavy atom. The number of rotatable bonds is 6. The molecule has 0 spiro atoms. The summed E-state index contributed by atoms with van der Waals surface area (Å²) < 4.78 is 5.46. The summed E-state index contributed by atoms with van der Waals surface area (Å²) in [5.41, 5.74) is 0. The molecule has 0 bridgehead atoms. The lowest BCUT2D eigenvalue weighted by atomic mass is 10.2. The molecule has 0 unspecified atom stereocenters. The minimum Gasteiger partial charge on any atom is -0.482 e. The van der Waals surface area contributed by atoms with Crippen LogP contribution in [-0.2, 0) is 9.59 Å². The number of halogens is 3. The highest BCUT2D eigenvalue weighted by Gasteiger charge is 2.24. The SMILES string of the molecule is O=C(CCCCl)N1CCN(C(=O)COc2ccc(Cl)cc2Cl)CC1. The van der Waals surface area contributed by atoms with Crippen molar-refractivity contribution in [2.75, 3.05) is 38.7 Å². The summed E-state index contributed by atoms with van der Waals surface area (Å²) >= 11 is 17.4. The number of nitrogens with zero attached hydrogens (tertiary/aromatic N) is 2. The van der Waals surface area contributed by atoms with E-state index in [9.17, 15) is 9.59 Å². The van der Waals surface area contributed by atoms with Crippen molar-refractivity contribution >= 4 is 46.6 Å². The zero-order chi connectivity index (χ0) is 17.5. The van der Waals surface area contributed by atoms with E-state index >= 15 is 0 Å². The zero-order valence-electron chi connectivity index (χ0n) is 13.1. The maximum absolute atomic E-state index is 12.2. The van der Waals surface area contributed by atoms with E-state index in [4.69, 9.17) is 39.5 Å². The third-order valence-electron chi connectivity index (χ3n) is 3.75. The molecule has 1 aromatic carbocycles. The van der Waals surface area contributed by atoms with Crippen LogP contribution in [0.4, 0.5) is 0 Å². The van der Waals surface area contributed by atoms with Gasteiger partial charge in [-0.3, -0.25) is 9.59 Å². The van der Waals surface area contributed by atoms with Crippen LogP contribution >= 0.6 is 34.8 Å². The lowest BCUT2D eigenvalue weighted by Crippen LogP contribution is -2.51. The summed E-state index contributed by atoms with van der Waals surface area (Å²) in [6.07, 6.45) is 1.13. The Hall–Kier alpha value is -1.17. The first kappa shape index (κ1) is 19.2. The van der Waals surface area contributed by atoms with Crippen LogP contribution < -0.4 is 4.74 Å². The Balaban J connectivity index is 1.77. The predicted octanol–water partition coefficient (Wildman–Crippen LogP) is 3.06. The van der Waals surface area contributed by atoms with Crippen LogP contribution in [0.25, 0.3) is 0 Å². The van der Waals surface area contributed by atoms with Crippen LogP contribution in [0.5, 0.6) is 5.75 Å². The second-order valence-corrected chi connectivity index (χ2v) is 6.64. The molecule has 1 fully saturated rings. The van der Waals surface area contributed by atoms with E-state index in [1.54, 1.807) is 28.0 Å². The van der Waals surface area contributed by atoms with Crippen LogP contribution in [0.15, 0.2) is 18.2 Å². The quantitative estimate of drug-likeness (QED) is 0.698. The van der Waals surface area contributed by atoms with E-state index in [0.29, 0.717) is 60.7 Å². The van der Waals surface area contributed by atoms with Gasteiger partial charge in [-0.05, 0) is 24.6 Å². The maximum atomic E-state index is 12.2. The van der Waals surface area contributed by atoms with Crippen molar-refractivity contribution in [1.29, 1.82) is 0 Å².